The van der Waals surface area contributed by atoms with E-state index in [9.17, 15) is 43.2 Å². The number of phosphoric ester groups is 2. The first-order valence-corrected chi connectivity index (χ1v) is 43.8. The highest BCUT2D eigenvalue weighted by Crippen LogP contribution is 2.45. The molecule has 17 nitrogen and oxygen atoms in total. The molecule has 0 aromatic carbocycles. The topological polar surface area (TPSA) is 237 Å². The summed E-state index contributed by atoms with van der Waals surface area (Å²) in [6.45, 7) is 12.0. The van der Waals surface area contributed by atoms with E-state index in [4.69, 9.17) is 37.0 Å². The summed E-state index contributed by atoms with van der Waals surface area (Å²) in [5.41, 5.74) is 0. The lowest BCUT2D eigenvalue weighted by molar-refractivity contribution is -0.161. The van der Waals surface area contributed by atoms with E-state index in [1.165, 1.54) is 218 Å². The summed E-state index contributed by atoms with van der Waals surface area (Å²) in [6, 6.07) is 0. The van der Waals surface area contributed by atoms with Crippen molar-refractivity contribution >= 4 is 39.5 Å². The Kier molecular flexibility index (Phi) is 68.1. The fraction of sp³-hybridized carbons (Fsp3) is 0.949. The van der Waals surface area contributed by atoms with Crippen molar-refractivity contribution in [1.82, 2.24) is 0 Å². The van der Waals surface area contributed by atoms with Crippen LogP contribution in [0.3, 0.4) is 0 Å². The Morgan fingerprint density at radius 1 is 0.276 bits per heavy atom. The van der Waals surface area contributed by atoms with Crippen LogP contribution in [0, 0.1) is 17.8 Å². The second kappa shape index (κ2) is 69.4. The number of esters is 4. The van der Waals surface area contributed by atoms with E-state index in [1.807, 2.05) is 0 Å². The maximum atomic E-state index is 13.1. The van der Waals surface area contributed by atoms with Gasteiger partial charge in [-0.05, 0) is 43.4 Å². The zero-order chi connectivity index (χ0) is 72.3. The monoisotopic (exact) mass is 1440 g/mol. The molecule has 0 aliphatic rings. The van der Waals surface area contributed by atoms with Crippen molar-refractivity contribution in [3.8, 4) is 0 Å². The van der Waals surface area contributed by atoms with Crippen molar-refractivity contribution in [3.63, 3.8) is 0 Å². The van der Waals surface area contributed by atoms with E-state index in [0.29, 0.717) is 25.7 Å². The smallest absolute Gasteiger partial charge is 0.462 e. The predicted molar refractivity (Wildman–Crippen MR) is 400 cm³/mol. The maximum Gasteiger partial charge on any atom is 0.472 e. The quantitative estimate of drug-likeness (QED) is 0.0222. The molecular formula is C79H154O17P2. The number of hydrogen-bond acceptors (Lipinski definition) is 15. The minimum atomic E-state index is -4.96. The minimum Gasteiger partial charge on any atom is -0.462 e. The van der Waals surface area contributed by atoms with Gasteiger partial charge in [0.2, 0.25) is 0 Å². The molecule has 0 aromatic rings. The van der Waals surface area contributed by atoms with Gasteiger partial charge < -0.3 is 33.8 Å². The summed E-state index contributed by atoms with van der Waals surface area (Å²) in [6.07, 6.45) is 56.9. The lowest BCUT2D eigenvalue weighted by Gasteiger charge is -2.21. The Hall–Kier alpha value is -1.94. The van der Waals surface area contributed by atoms with Gasteiger partial charge in [0.1, 0.15) is 19.3 Å². The number of unbranched alkanes of at least 4 members (excludes halogenated alkanes) is 45. The molecule has 0 saturated carbocycles. The Morgan fingerprint density at radius 3 is 0.694 bits per heavy atom. The van der Waals surface area contributed by atoms with Crippen molar-refractivity contribution in [2.45, 2.75) is 426 Å². The van der Waals surface area contributed by atoms with Crippen LogP contribution >= 0.6 is 15.6 Å². The molecule has 0 aromatic heterocycles. The molecule has 0 fully saturated rings. The predicted octanol–water partition coefficient (Wildman–Crippen LogP) is 23.4. The molecule has 0 saturated heterocycles. The maximum absolute atomic E-state index is 13.1. The lowest BCUT2D eigenvalue weighted by Crippen LogP contribution is -2.30. The van der Waals surface area contributed by atoms with Crippen molar-refractivity contribution in [2.75, 3.05) is 39.6 Å². The molecule has 3 N–H and O–H groups in total. The Morgan fingerprint density at radius 2 is 0.469 bits per heavy atom. The molecule has 2 unspecified atom stereocenters. The van der Waals surface area contributed by atoms with Crippen LogP contribution in [0.4, 0.5) is 0 Å². The van der Waals surface area contributed by atoms with Gasteiger partial charge in [-0.1, -0.05) is 357 Å². The summed E-state index contributed by atoms with van der Waals surface area (Å²) < 4.78 is 68.6. The summed E-state index contributed by atoms with van der Waals surface area (Å²) in [5.74, 6) is 0.247. The number of hydrogen-bond donors (Lipinski definition) is 3. The van der Waals surface area contributed by atoms with E-state index >= 15 is 0 Å². The highest BCUT2D eigenvalue weighted by Gasteiger charge is 2.30. The molecule has 5 atom stereocenters. The molecule has 0 spiro atoms. The highest BCUT2D eigenvalue weighted by molar-refractivity contribution is 7.47. The van der Waals surface area contributed by atoms with Crippen LogP contribution in [0.15, 0.2) is 0 Å². The number of ether oxygens (including phenoxy) is 4. The summed E-state index contributed by atoms with van der Waals surface area (Å²) in [4.78, 5) is 72.9. The first-order chi connectivity index (χ1) is 47.2. The minimum absolute atomic E-state index is 0.106. The summed E-state index contributed by atoms with van der Waals surface area (Å²) in [7, 11) is -9.91. The average molecular weight is 1440 g/mol. The van der Waals surface area contributed by atoms with Crippen molar-refractivity contribution in [2.24, 2.45) is 17.8 Å². The number of carbonyl (C=O) groups excluding carboxylic acids is 4. The highest BCUT2D eigenvalue weighted by atomic mass is 31.2. The van der Waals surface area contributed by atoms with E-state index in [-0.39, 0.29) is 25.7 Å². The zero-order valence-electron chi connectivity index (χ0n) is 64.3. The molecule has 0 radical (unpaired) electrons. The Labute approximate surface area is 600 Å². The molecule has 0 bridgehead atoms. The van der Waals surface area contributed by atoms with Gasteiger partial charge >= 0.3 is 39.5 Å². The van der Waals surface area contributed by atoms with E-state index in [2.05, 4.69) is 48.5 Å². The molecular weight excluding hydrogens is 1280 g/mol. The van der Waals surface area contributed by atoms with Gasteiger partial charge in [0, 0.05) is 25.7 Å². The number of aliphatic hydroxyl groups excluding tert-OH is 1. The van der Waals surface area contributed by atoms with Crippen molar-refractivity contribution in [1.29, 1.82) is 0 Å². The normalized spacial score (nSPS) is 14.0. The molecule has 0 amide bonds. The van der Waals surface area contributed by atoms with Crippen molar-refractivity contribution in [3.05, 3.63) is 0 Å². The lowest BCUT2D eigenvalue weighted by atomic mass is 10.0. The standard InChI is InChI=1S/C79H154O17P2/c1-8-9-10-11-12-29-39-46-53-60-76(81)89-66-74(96-79(84)63-56-49-42-35-28-27-32-38-45-52-59-72(6)7)68-93-97(85,86)91-64-73(80)65-92-98(87,88)94-69-75(95-78(83)62-55-48-41-34-26-22-18-14-16-20-24-31-37-44-51-58-71(4)5)67-90-77(82)61-54-47-40-33-25-21-17-13-15-19-23-30-36-43-50-57-70(2)3/h70-75,80H,8-69H2,1-7H3,(H,85,86)(H,87,88)/t73-,74+,75+/m0/s1. The van der Waals surface area contributed by atoms with Crippen LogP contribution in [0.25, 0.3) is 0 Å². The zero-order valence-corrected chi connectivity index (χ0v) is 66.0. The molecule has 0 aliphatic heterocycles. The first kappa shape index (κ1) is 96.1. The second-order valence-corrected chi connectivity index (χ2v) is 32.8. The number of carbonyl (C=O) groups is 4. The molecule has 0 heterocycles. The third-order valence-electron chi connectivity index (χ3n) is 18.4. The third-order valence-corrected chi connectivity index (χ3v) is 20.3. The van der Waals surface area contributed by atoms with Crippen LogP contribution in [0.2, 0.25) is 0 Å². The second-order valence-electron chi connectivity index (χ2n) is 29.9. The first-order valence-electron chi connectivity index (χ1n) is 40.8. The average Bonchev–Trinajstić information content (AvgIpc) is 0.949. The Balaban J connectivity index is 5.22. The van der Waals surface area contributed by atoms with Gasteiger partial charge in [-0.25, -0.2) is 9.13 Å². The molecule has 19 heteroatoms. The van der Waals surface area contributed by atoms with Crippen LogP contribution in [0.5, 0.6) is 0 Å². The molecule has 582 valence electrons. The number of aliphatic hydroxyl groups is 1. The molecule has 98 heavy (non-hydrogen) atoms. The fourth-order valence-corrected chi connectivity index (χ4v) is 13.7. The van der Waals surface area contributed by atoms with Crippen molar-refractivity contribution < 1.29 is 80.2 Å². The van der Waals surface area contributed by atoms with E-state index in [1.54, 1.807) is 0 Å². The van der Waals surface area contributed by atoms with Crippen LogP contribution in [0.1, 0.15) is 408 Å². The molecule has 0 aliphatic carbocycles. The van der Waals surface area contributed by atoms with Crippen LogP contribution in [-0.2, 0) is 65.4 Å². The SMILES string of the molecule is CCCCCCCCCCCC(=O)OC[C@H](COP(=O)(O)OC[C@H](O)COP(=O)(O)OC[C@@H](COC(=O)CCCCCCCCCCCCCCCCCC(C)C)OC(=O)CCCCCCCCCCCCCCCCCC(C)C)OC(=O)CCCCCCCCCCCCC(C)C. The van der Waals surface area contributed by atoms with Crippen LogP contribution in [-0.4, -0.2) is 96.7 Å². The van der Waals surface area contributed by atoms with Gasteiger partial charge in [-0.15, -0.1) is 0 Å². The number of phosphoric acid groups is 2. The number of rotatable bonds is 77. The van der Waals surface area contributed by atoms with Gasteiger partial charge in [0.05, 0.1) is 26.4 Å². The third kappa shape index (κ3) is 72.4. The largest absolute Gasteiger partial charge is 0.472 e. The van der Waals surface area contributed by atoms with E-state index in [0.717, 1.165) is 108 Å². The summed E-state index contributed by atoms with van der Waals surface area (Å²) in [5, 5.41) is 10.6. The van der Waals surface area contributed by atoms with Gasteiger partial charge in [0.25, 0.3) is 0 Å². The van der Waals surface area contributed by atoms with Gasteiger partial charge in [-0.2, -0.15) is 0 Å². The van der Waals surface area contributed by atoms with Crippen LogP contribution < -0.4 is 0 Å². The van der Waals surface area contributed by atoms with Gasteiger partial charge in [0.15, 0.2) is 12.2 Å². The molecule has 0 rings (SSSR count). The van der Waals surface area contributed by atoms with E-state index < -0.39 is 97.5 Å². The van der Waals surface area contributed by atoms with Gasteiger partial charge in [-0.3, -0.25) is 37.3 Å². The Bertz CT molecular complexity index is 1900. The summed E-state index contributed by atoms with van der Waals surface area (Å²) >= 11 is 0. The fourth-order valence-electron chi connectivity index (χ4n) is 12.1.